The van der Waals surface area contributed by atoms with E-state index in [1.807, 2.05) is 59.4 Å². The van der Waals surface area contributed by atoms with E-state index in [0.29, 0.717) is 5.56 Å². The van der Waals surface area contributed by atoms with Crippen LogP contribution < -0.4 is 21.5 Å². The minimum Gasteiger partial charge on any atom is -1.00 e. The van der Waals surface area contributed by atoms with Crippen LogP contribution >= 0.6 is 0 Å². The summed E-state index contributed by atoms with van der Waals surface area (Å²) in [6, 6.07) is 19.4. The molecule has 0 saturated heterocycles. The number of halogens is 1. The molecule has 0 bridgehead atoms. The molecular weight excluding hydrogens is 342 g/mol. The first-order chi connectivity index (χ1) is 10.3. The lowest BCUT2D eigenvalue weighted by molar-refractivity contribution is -0.689. The number of benzene rings is 2. The number of carbonyl (C=O) groups is 1. The number of carbonyl (C=O) groups excluding carboxylic acids is 1. The summed E-state index contributed by atoms with van der Waals surface area (Å²) in [7, 11) is 0. The van der Waals surface area contributed by atoms with Gasteiger partial charge in [0.15, 0.2) is 12.3 Å². The molecule has 1 heterocycles. The zero-order valence-electron chi connectivity index (χ0n) is 12.0. The van der Waals surface area contributed by atoms with E-state index in [1.54, 1.807) is 11.0 Å². The summed E-state index contributed by atoms with van der Waals surface area (Å²) < 4.78 is 3.63. The van der Waals surface area contributed by atoms with Crippen LogP contribution in [0.15, 0.2) is 73.3 Å². The minimum absolute atomic E-state index is 0. The first-order valence-corrected chi connectivity index (χ1v) is 6.85. The molecule has 0 saturated carbocycles. The van der Waals surface area contributed by atoms with Crippen molar-refractivity contribution in [1.82, 2.24) is 9.78 Å². The van der Waals surface area contributed by atoms with Gasteiger partial charge in [0.05, 0.1) is 6.54 Å². The van der Waals surface area contributed by atoms with Crippen LogP contribution in [0.3, 0.4) is 0 Å². The summed E-state index contributed by atoms with van der Waals surface area (Å²) in [5.41, 5.74) is 1.92. The molecule has 3 aromatic rings. The molecule has 22 heavy (non-hydrogen) atoms. The van der Waals surface area contributed by atoms with Crippen molar-refractivity contribution >= 4 is 5.78 Å². The number of hydrogen-bond donors (Lipinski definition) is 0. The van der Waals surface area contributed by atoms with Crippen LogP contribution in [-0.4, -0.2) is 15.6 Å². The average Bonchev–Trinajstić information content (AvgIpc) is 2.96. The molecule has 0 amide bonds. The third-order valence-corrected chi connectivity index (χ3v) is 3.24. The third kappa shape index (κ3) is 4.11. The van der Waals surface area contributed by atoms with Crippen LogP contribution in [0.25, 0.3) is 0 Å². The molecule has 112 valence electrons. The van der Waals surface area contributed by atoms with E-state index in [0.717, 1.165) is 6.54 Å². The van der Waals surface area contributed by atoms with E-state index in [1.165, 1.54) is 5.56 Å². The van der Waals surface area contributed by atoms with Crippen molar-refractivity contribution in [2.75, 3.05) is 0 Å². The van der Waals surface area contributed by atoms with Crippen LogP contribution in [0, 0.1) is 0 Å². The SMILES string of the molecule is O=C(Cn1c[n+](Cc2ccccc2)cn1)c1ccccc1.[Br-]. The zero-order valence-corrected chi connectivity index (χ0v) is 13.6. The molecule has 0 aliphatic rings. The van der Waals surface area contributed by atoms with Crippen LogP contribution in [0.5, 0.6) is 0 Å². The smallest absolute Gasteiger partial charge is 0.265 e. The lowest BCUT2D eigenvalue weighted by atomic mass is 10.1. The van der Waals surface area contributed by atoms with Gasteiger partial charge >= 0.3 is 0 Å². The summed E-state index contributed by atoms with van der Waals surface area (Å²) in [5.74, 6) is 0.0607. The molecule has 0 aliphatic carbocycles. The number of aromatic nitrogens is 3. The van der Waals surface area contributed by atoms with Crippen molar-refractivity contribution < 1.29 is 26.3 Å². The Morgan fingerprint density at radius 1 is 1.00 bits per heavy atom. The van der Waals surface area contributed by atoms with Crippen molar-refractivity contribution in [1.29, 1.82) is 0 Å². The van der Waals surface area contributed by atoms with Crippen molar-refractivity contribution in [3.63, 3.8) is 0 Å². The summed E-state index contributed by atoms with van der Waals surface area (Å²) >= 11 is 0. The average molecular weight is 358 g/mol. The molecule has 0 N–H and O–H groups in total. The van der Waals surface area contributed by atoms with Gasteiger partial charge in [-0.05, 0) is 5.56 Å². The van der Waals surface area contributed by atoms with Gasteiger partial charge in [-0.2, -0.15) is 0 Å². The lowest BCUT2D eigenvalue weighted by Gasteiger charge is -1.97. The molecule has 4 nitrogen and oxygen atoms in total. The Balaban J connectivity index is 0.00000176. The highest BCUT2D eigenvalue weighted by molar-refractivity contribution is 5.95. The Morgan fingerprint density at radius 3 is 2.32 bits per heavy atom. The first-order valence-electron chi connectivity index (χ1n) is 6.85. The lowest BCUT2D eigenvalue weighted by Crippen LogP contribution is -3.00. The fourth-order valence-electron chi connectivity index (χ4n) is 2.18. The third-order valence-electron chi connectivity index (χ3n) is 3.24. The van der Waals surface area contributed by atoms with Gasteiger partial charge in [-0.3, -0.25) is 4.79 Å². The summed E-state index contributed by atoms with van der Waals surface area (Å²) in [4.78, 5) is 12.1. The van der Waals surface area contributed by atoms with E-state index in [9.17, 15) is 4.79 Å². The second kappa shape index (κ2) is 7.66. The summed E-state index contributed by atoms with van der Waals surface area (Å²) in [6.45, 7) is 1.01. The largest absolute Gasteiger partial charge is 1.00 e. The maximum atomic E-state index is 12.1. The Morgan fingerprint density at radius 2 is 1.64 bits per heavy atom. The summed E-state index contributed by atoms with van der Waals surface area (Å²) in [6.07, 6.45) is 3.60. The molecule has 0 fully saturated rings. The fourth-order valence-corrected chi connectivity index (χ4v) is 2.18. The van der Waals surface area contributed by atoms with Crippen molar-refractivity contribution in [2.24, 2.45) is 0 Å². The monoisotopic (exact) mass is 357 g/mol. The molecule has 0 unspecified atom stereocenters. The predicted octanol–water partition coefficient (Wildman–Crippen LogP) is -0.894. The van der Waals surface area contributed by atoms with Crippen LogP contribution in [0.2, 0.25) is 0 Å². The number of nitrogens with zero attached hydrogens (tertiary/aromatic N) is 3. The highest BCUT2D eigenvalue weighted by Gasteiger charge is 2.12. The van der Waals surface area contributed by atoms with Crippen LogP contribution in [0.1, 0.15) is 15.9 Å². The van der Waals surface area contributed by atoms with Gasteiger partial charge in [0.2, 0.25) is 6.33 Å². The van der Waals surface area contributed by atoms with Crippen LogP contribution in [0.4, 0.5) is 0 Å². The van der Waals surface area contributed by atoms with Gasteiger partial charge in [-0.1, -0.05) is 60.7 Å². The van der Waals surface area contributed by atoms with Crippen molar-refractivity contribution in [3.8, 4) is 0 Å². The number of ketones is 1. The Bertz CT molecular complexity index is 726. The number of hydrogen-bond acceptors (Lipinski definition) is 2. The molecular formula is C17H16BrN3O. The minimum atomic E-state index is 0. The quantitative estimate of drug-likeness (QED) is 0.438. The Labute approximate surface area is 139 Å². The first kappa shape index (κ1) is 16.1. The summed E-state index contributed by atoms with van der Waals surface area (Å²) in [5, 5.41) is 4.24. The molecule has 0 radical (unpaired) electrons. The predicted molar refractivity (Wildman–Crippen MR) is 78.7 cm³/mol. The molecule has 1 aromatic heterocycles. The number of Topliss-reactive ketones (excluding diaryl/α,β-unsaturated/α-hetero) is 1. The molecule has 5 heteroatoms. The maximum absolute atomic E-state index is 12.1. The van der Waals surface area contributed by atoms with E-state index in [2.05, 4.69) is 17.2 Å². The maximum Gasteiger partial charge on any atom is 0.265 e. The zero-order chi connectivity index (χ0) is 14.5. The van der Waals surface area contributed by atoms with Gasteiger partial charge in [0.25, 0.3) is 6.33 Å². The van der Waals surface area contributed by atoms with Crippen molar-refractivity contribution in [3.05, 3.63) is 84.4 Å². The highest BCUT2D eigenvalue weighted by Crippen LogP contribution is 2.01. The fraction of sp³-hybridized carbons (Fsp3) is 0.118. The van der Waals surface area contributed by atoms with Gasteiger partial charge in [0, 0.05) is 10.7 Å². The normalized spacial score (nSPS) is 10.0. The van der Waals surface area contributed by atoms with E-state index < -0.39 is 0 Å². The Hall–Kier alpha value is -2.27. The molecule has 0 spiro atoms. The standard InChI is InChI=1S/C17H16N3O.BrH/c21-17(16-9-5-2-6-10-16)12-20-14-19(13-18-20)11-15-7-3-1-4-8-15;/h1-10,13-14H,11-12H2;1H/q+1;/p-1. The highest BCUT2D eigenvalue weighted by atomic mass is 79.9. The van der Waals surface area contributed by atoms with Gasteiger partial charge in [-0.25, -0.2) is 4.57 Å². The number of rotatable bonds is 5. The van der Waals surface area contributed by atoms with Gasteiger partial charge in [-0.15, -0.1) is 4.68 Å². The second-order valence-corrected chi connectivity index (χ2v) is 4.89. The molecule has 0 aliphatic heterocycles. The van der Waals surface area contributed by atoms with Gasteiger partial charge < -0.3 is 17.0 Å². The second-order valence-electron chi connectivity index (χ2n) is 4.89. The van der Waals surface area contributed by atoms with Crippen molar-refractivity contribution in [2.45, 2.75) is 13.1 Å². The van der Waals surface area contributed by atoms with E-state index in [-0.39, 0.29) is 29.3 Å². The molecule has 2 aromatic carbocycles. The van der Waals surface area contributed by atoms with Crippen LogP contribution in [-0.2, 0) is 13.1 Å². The molecule has 3 rings (SSSR count). The van der Waals surface area contributed by atoms with E-state index in [4.69, 9.17) is 0 Å². The topological polar surface area (TPSA) is 38.8 Å². The van der Waals surface area contributed by atoms with Gasteiger partial charge in [0.1, 0.15) is 0 Å². The van der Waals surface area contributed by atoms with E-state index >= 15 is 0 Å². The Kier molecular flexibility index (Phi) is 5.61. The molecule has 0 atom stereocenters.